The highest BCUT2D eigenvalue weighted by Gasteiger charge is 2.06. The molecule has 1 aliphatic carbocycles. The minimum Gasteiger partial charge on any atom is -0.412 e. The SMILES string of the molecule is C[C]1CCCCC1.O. The Morgan fingerprint density at radius 1 is 1.00 bits per heavy atom. The lowest BCUT2D eigenvalue weighted by Gasteiger charge is -2.14. The van der Waals surface area contributed by atoms with Gasteiger partial charge >= 0.3 is 0 Å². The summed E-state index contributed by atoms with van der Waals surface area (Å²) in [6, 6.07) is 0. The second-order valence-electron chi connectivity index (χ2n) is 2.52. The van der Waals surface area contributed by atoms with Gasteiger partial charge in [-0.15, -0.1) is 0 Å². The molecular formula is C7H15O. The summed E-state index contributed by atoms with van der Waals surface area (Å²) in [4.78, 5) is 0. The van der Waals surface area contributed by atoms with E-state index in [0.717, 1.165) is 0 Å². The Morgan fingerprint density at radius 2 is 1.50 bits per heavy atom. The van der Waals surface area contributed by atoms with Crippen LogP contribution in [0.25, 0.3) is 0 Å². The first-order valence-corrected chi connectivity index (χ1v) is 3.21. The van der Waals surface area contributed by atoms with Crippen LogP contribution in [0.15, 0.2) is 0 Å². The van der Waals surface area contributed by atoms with Crippen LogP contribution >= 0.6 is 0 Å². The third-order valence-corrected chi connectivity index (χ3v) is 1.71. The fourth-order valence-corrected chi connectivity index (χ4v) is 1.16. The maximum Gasteiger partial charge on any atom is -0.0272 e. The van der Waals surface area contributed by atoms with Gasteiger partial charge in [0.2, 0.25) is 0 Å². The van der Waals surface area contributed by atoms with E-state index in [0.29, 0.717) is 0 Å². The van der Waals surface area contributed by atoms with Gasteiger partial charge in [0.05, 0.1) is 0 Å². The van der Waals surface area contributed by atoms with E-state index < -0.39 is 0 Å². The minimum atomic E-state index is 0. The van der Waals surface area contributed by atoms with E-state index in [1.165, 1.54) is 32.1 Å². The zero-order chi connectivity index (χ0) is 5.11. The summed E-state index contributed by atoms with van der Waals surface area (Å²) in [5.74, 6) is 1.71. The average molecular weight is 115 g/mol. The van der Waals surface area contributed by atoms with Crippen molar-refractivity contribution in [3.63, 3.8) is 0 Å². The molecule has 0 unspecified atom stereocenters. The van der Waals surface area contributed by atoms with E-state index in [1.54, 1.807) is 5.92 Å². The predicted molar refractivity (Wildman–Crippen MR) is 35.6 cm³/mol. The Morgan fingerprint density at radius 3 is 1.75 bits per heavy atom. The van der Waals surface area contributed by atoms with Crippen LogP contribution in [0.3, 0.4) is 0 Å². The molecule has 8 heavy (non-hydrogen) atoms. The van der Waals surface area contributed by atoms with Gasteiger partial charge in [-0.1, -0.05) is 26.2 Å². The third kappa shape index (κ3) is 2.31. The molecule has 0 aliphatic heterocycles. The van der Waals surface area contributed by atoms with Crippen molar-refractivity contribution in [1.29, 1.82) is 0 Å². The van der Waals surface area contributed by atoms with Crippen molar-refractivity contribution in [2.24, 2.45) is 0 Å². The molecule has 1 nitrogen and oxygen atoms in total. The van der Waals surface area contributed by atoms with Crippen LogP contribution in [0.2, 0.25) is 0 Å². The van der Waals surface area contributed by atoms with Crippen LogP contribution in [-0.4, -0.2) is 5.48 Å². The van der Waals surface area contributed by atoms with Crippen molar-refractivity contribution in [3.8, 4) is 0 Å². The Labute approximate surface area is 51.4 Å². The van der Waals surface area contributed by atoms with Gasteiger partial charge in [-0.05, 0) is 18.8 Å². The van der Waals surface area contributed by atoms with Gasteiger partial charge in [0, 0.05) is 0 Å². The zero-order valence-electron chi connectivity index (χ0n) is 5.54. The van der Waals surface area contributed by atoms with Crippen LogP contribution in [0.1, 0.15) is 39.0 Å². The maximum atomic E-state index is 2.28. The maximum absolute atomic E-state index is 2.28. The highest BCUT2D eigenvalue weighted by Crippen LogP contribution is 2.23. The van der Waals surface area contributed by atoms with Crippen LogP contribution in [0.4, 0.5) is 0 Å². The van der Waals surface area contributed by atoms with Gasteiger partial charge in [0.25, 0.3) is 0 Å². The van der Waals surface area contributed by atoms with Gasteiger partial charge < -0.3 is 5.48 Å². The Bertz CT molecular complexity index is 46.3. The van der Waals surface area contributed by atoms with E-state index >= 15 is 0 Å². The summed E-state index contributed by atoms with van der Waals surface area (Å²) >= 11 is 0. The third-order valence-electron chi connectivity index (χ3n) is 1.71. The zero-order valence-corrected chi connectivity index (χ0v) is 5.54. The van der Waals surface area contributed by atoms with Gasteiger partial charge in [-0.25, -0.2) is 0 Å². The van der Waals surface area contributed by atoms with Crippen molar-refractivity contribution in [3.05, 3.63) is 5.92 Å². The molecule has 1 fully saturated rings. The van der Waals surface area contributed by atoms with Crippen LogP contribution in [0, 0.1) is 5.92 Å². The largest absolute Gasteiger partial charge is 0.412 e. The van der Waals surface area contributed by atoms with Crippen LogP contribution in [-0.2, 0) is 0 Å². The Hall–Kier alpha value is -0.0400. The summed E-state index contributed by atoms with van der Waals surface area (Å²) in [5, 5.41) is 0. The molecular weight excluding hydrogens is 100 g/mol. The Kier molecular flexibility index (Phi) is 3.88. The van der Waals surface area contributed by atoms with Crippen molar-refractivity contribution < 1.29 is 5.48 Å². The van der Waals surface area contributed by atoms with Crippen molar-refractivity contribution in [2.45, 2.75) is 39.0 Å². The minimum absolute atomic E-state index is 0. The van der Waals surface area contributed by atoms with Gasteiger partial charge in [-0.3, -0.25) is 0 Å². The second-order valence-corrected chi connectivity index (χ2v) is 2.52. The molecule has 1 aliphatic rings. The molecule has 1 saturated carbocycles. The molecule has 1 heteroatoms. The van der Waals surface area contributed by atoms with Gasteiger partial charge in [-0.2, -0.15) is 0 Å². The average Bonchev–Trinajstić information content (AvgIpc) is 1.69. The molecule has 49 valence electrons. The smallest absolute Gasteiger partial charge is 0.0272 e. The summed E-state index contributed by atoms with van der Waals surface area (Å²) in [6.07, 6.45) is 7.18. The molecule has 2 N–H and O–H groups in total. The summed E-state index contributed by atoms with van der Waals surface area (Å²) < 4.78 is 0. The number of hydrogen-bond donors (Lipinski definition) is 0. The van der Waals surface area contributed by atoms with Crippen molar-refractivity contribution in [1.82, 2.24) is 0 Å². The normalized spacial score (nSPS) is 22.1. The van der Waals surface area contributed by atoms with E-state index in [9.17, 15) is 0 Å². The molecule has 1 radical (unpaired) electrons. The van der Waals surface area contributed by atoms with Crippen molar-refractivity contribution in [2.75, 3.05) is 0 Å². The highest BCUT2D eigenvalue weighted by atomic mass is 16.0. The van der Waals surface area contributed by atoms with E-state index in [2.05, 4.69) is 6.92 Å². The fourth-order valence-electron chi connectivity index (χ4n) is 1.16. The second kappa shape index (κ2) is 3.90. The summed E-state index contributed by atoms with van der Waals surface area (Å²) in [5.41, 5.74) is 0. The monoisotopic (exact) mass is 115 g/mol. The first kappa shape index (κ1) is 7.96. The topological polar surface area (TPSA) is 31.5 Å². The molecule has 0 atom stereocenters. The lowest BCUT2D eigenvalue weighted by atomic mass is 9.91. The molecule has 0 bridgehead atoms. The van der Waals surface area contributed by atoms with Gasteiger partial charge in [0.15, 0.2) is 0 Å². The molecule has 0 saturated heterocycles. The molecule has 0 aromatic heterocycles. The molecule has 0 aromatic rings. The lowest BCUT2D eigenvalue weighted by molar-refractivity contribution is 0.539. The highest BCUT2D eigenvalue weighted by molar-refractivity contribution is 4.86. The molecule has 0 amide bonds. The molecule has 0 aromatic carbocycles. The van der Waals surface area contributed by atoms with E-state index in [-0.39, 0.29) is 5.48 Å². The van der Waals surface area contributed by atoms with Crippen LogP contribution in [0.5, 0.6) is 0 Å². The molecule has 0 heterocycles. The number of rotatable bonds is 0. The van der Waals surface area contributed by atoms with Crippen LogP contribution < -0.4 is 0 Å². The first-order chi connectivity index (χ1) is 3.39. The summed E-state index contributed by atoms with van der Waals surface area (Å²) in [7, 11) is 0. The predicted octanol–water partition coefficient (Wildman–Crippen LogP) is 1.72. The molecule has 0 spiro atoms. The van der Waals surface area contributed by atoms with E-state index in [1.807, 2.05) is 0 Å². The first-order valence-electron chi connectivity index (χ1n) is 3.21. The number of hydrogen-bond acceptors (Lipinski definition) is 0. The summed E-state index contributed by atoms with van der Waals surface area (Å²) in [6.45, 7) is 2.28. The van der Waals surface area contributed by atoms with Crippen molar-refractivity contribution >= 4 is 0 Å². The quantitative estimate of drug-likeness (QED) is 0.460. The fraction of sp³-hybridized carbons (Fsp3) is 0.857. The standard InChI is InChI=1S/C7H13.H2O/c1-7-5-3-2-4-6-7;/h2-6H2,1H3;1H2. The van der Waals surface area contributed by atoms with E-state index in [4.69, 9.17) is 0 Å². The van der Waals surface area contributed by atoms with Gasteiger partial charge in [0.1, 0.15) is 0 Å². The Balaban J connectivity index is 0.000000490. The molecule has 1 rings (SSSR count). The lowest BCUT2D eigenvalue weighted by Crippen LogP contribution is -1.97.